The smallest absolute Gasteiger partial charge is 0.321 e. The van der Waals surface area contributed by atoms with Gasteiger partial charge >= 0.3 is 6.03 Å². The van der Waals surface area contributed by atoms with Crippen LogP contribution in [0.3, 0.4) is 0 Å². The van der Waals surface area contributed by atoms with Crippen LogP contribution >= 0.6 is 0 Å². The normalized spacial score (nSPS) is 11.2. The summed E-state index contributed by atoms with van der Waals surface area (Å²) in [5.41, 5.74) is 3.16. The van der Waals surface area contributed by atoms with Gasteiger partial charge in [0.25, 0.3) is 0 Å². The molecule has 0 aliphatic rings. The SMILES string of the molecule is CCNC(=O)Nc1nc2c(-c3ncccc3F)cc(-c3ccc(C(C)(C)C#N)nc3)cc2[nH]1. The molecule has 3 aromatic heterocycles. The Bertz CT molecular complexity index is 1370. The van der Waals surface area contributed by atoms with E-state index in [-0.39, 0.29) is 11.6 Å². The van der Waals surface area contributed by atoms with Crippen LogP contribution in [0.4, 0.5) is 15.1 Å². The zero-order chi connectivity index (χ0) is 23.6. The molecule has 8 nitrogen and oxygen atoms in total. The molecule has 0 bridgehead atoms. The summed E-state index contributed by atoms with van der Waals surface area (Å²) < 4.78 is 14.7. The van der Waals surface area contributed by atoms with E-state index in [1.165, 1.54) is 18.3 Å². The maximum atomic E-state index is 14.7. The molecular weight excluding hydrogens is 421 g/mol. The predicted octanol–water partition coefficient (Wildman–Crippen LogP) is 4.77. The highest BCUT2D eigenvalue weighted by Crippen LogP contribution is 2.34. The minimum atomic E-state index is -0.715. The lowest BCUT2D eigenvalue weighted by Crippen LogP contribution is -2.28. The van der Waals surface area contributed by atoms with Crippen LogP contribution in [0.5, 0.6) is 0 Å². The average molecular weight is 443 g/mol. The van der Waals surface area contributed by atoms with Crippen LogP contribution in [0, 0.1) is 17.1 Å². The number of urea groups is 1. The van der Waals surface area contributed by atoms with Crippen LogP contribution in [0.15, 0.2) is 48.8 Å². The van der Waals surface area contributed by atoms with Crippen molar-refractivity contribution < 1.29 is 9.18 Å². The van der Waals surface area contributed by atoms with Gasteiger partial charge in [-0.3, -0.25) is 15.3 Å². The number of carbonyl (C=O) groups excluding carboxylic acids is 1. The Morgan fingerprint density at radius 1 is 1.21 bits per heavy atom. The molecule has 0 aliphatic carbocycles. The molecule has 0 unspecified atom stereocenters. The van der Waals surface area contributed by atoms with Gasteiger partial charge < -0.3 is 10.3 Å². The summed E-state index contributed by atoms with van der Waals surface area (Å²) in [5.74, 6) is -0.253. The summed E-state index contributed by atoms with van der Waals surface area (Å²) in [6.07, 6.45) is 3.19. The van der Waals surface area contributed by atoms with Crippen molar-refractivity contribution in [3.8, 4) is 28.5 Å². The quantitative estimate of drug-likeness (QED) is 0.410. The van der Waals surface area contributed by atoms with E-state index >= 15 is 0 Å². The number of carbonyl (C=O) groups is 1. The van der Waals surface area contributed by atoms with Crippen molar-refractivity contribution in [3.05, 3.63) is 60.3 Å². The molecule has 0 aliphatic heterocycles. The maximum absolute atomic E-state index is 14.7. The molecule has 0 saturated heterocycles. The first-order chi connectivity index (χ1) is 15.8. The summed E-state index contributed by atoms with van der Waals surface area (Å²) in [6, 6.07) is 12.0. The number of aromatic nitrogens is 4. The molecule has 3 heterocycles. The molecule has 0 atom stereocenters. The summed E-state index contributed by atoms with van der Waals surface area (Å²) in [5, 5.41) is 14.6. The fraction of sp³-hybridized carbons (Fsp3) is 0.208. The number of anilines is 1. The maximum Gasteiger partial charge on any atom is 0.321 e. The average Bonchev–Trinajstić information content (AvgIpc) is 3.21. The van der Waals surface area contributed by atoms with Crippen molar-refractivity contribution in [1.29, 1.82) is 5.26 Å². The van der Waals surface area contributed by atoms with Gasteiger partial charge in [-0.05, 0) is 56.7 Å². The molecule has 0 saturated carbocycles. The van der Waals surface area contributed by atoms with Gasteiger partial charge in [-0.25, -0.2) is 14.2 Å². The number of pyridine rings is 2. The van der Waals surface area contributed by atoms with Crippen molar-refractivity contribution in [2.24, 2.45) is 0 Å². The molecular formula is C24H22FN7O. The standard InChI is InChI=1S/C24H22FN7O/c1-4-27-23(33)32-22-30-18-11-15(14-7-8-19(29-12-14)24(2,3)13-26)10-16(21(18)31-22)20-17(25)6-5-9-28-20/h5-12H,4H2,1-3H3,(H3,27,30,31,32,33). The van der Waals surface area contributed by atoms with E-state index in [4.69, 9.17) is 0 Å². The minimum Gasteiger partial charge on any atom is -0.338 e. The third-order valence-electron chi connectivity index (χ3n) is 5.19. The summed E-state index contributed by atoms with van der Waals surface area (Å²) in [7, 11) is 0. The monoisotopic (exact) mass is 443 g/mol. The van der Waals surface area contributed by atoms with E-state index in [0.717, 1.165) is 11.1 Å². The Morgan fingerprint density at radius 2 is 2.03 bits per heavy atom. The molecule has 33 heavy (non-hydrogen) atoms. The number of benzene rings is 1. The van der Waals surface area contributed by atoms with Gasteiger partial charge in [-0.2, -0.15) is 5.26 Å². The van der Waals surface area contributed by atoms with Gasteiger partial charge in [0.15, 0.2) is 0 Å². The molecule has 0 spiro atoms. The van der Waals surface area contributed by atoms with Crippen molar-refractivity contribution in [1.82, 2.24) is 25.3 Å². The Hall–Kier alpha value is -4.32. The second kappa shape index (κ2) is 8.67. The van der Waals surface area contributed by atoms with Crippen molar-refractivity contribution in [3.63, 3.8) is 0 Å². The number of nitrogens with one attached hydrogen (secondary N) is 3. The summed E-state index contributed by atoms with van der Waals surface area (Å²) >= 11 is 0. The van der Waals surface area contributed by atoms with Gasteiger partial charge in [0, 0.05) is 30.1 Å². The highest BCUT2D eigenvalue weighted by molar-refractivity contribution is 5.98. The lowest BCUT2D eigenvalue weighted by molar-refractivity contribution is 0.252. The van der Waals surface area contributed by atoms with Crippen LogP contribution in [-0.4, -0.2) is 32.5 Å². The predicted molar refractivity (Wildman–Crippen MR) is 124 cm³/mol. The van der Waals surface area contributed by atoms with E-state index in [1.54, 1.807) is 32.2 Å². The highest BCUT2D eigenvalue weighted by atomic mass is 19.1. The number of aromatic amines is 1. The van der Waals surface area contributed by atoms with Crippen LogP contribution in [0.1, 0.15) is 26.5 Å². The van der Waals surface area contributed by atoms with Gasteiger partial charge in [0.05, 0.1) is 22.7 Å². The number of fused-ring (bicyclic) bond motifs is 1. The van der Waals surface area contributed by atoms with Crippen molar-refractivity contribution in [2.45, 2.75) is 26.2 Å². The molecule has 166 valence electrons. The third-order valence-corrected chi connectivity index (χ3v) is 5.19. The lowest BCUT2D eigenvalue weighted by Gasteiger charge is -2.15. The summed E-state index contributed by atoms with van der Waals surface area (Å²) in [4.78, 5) is 28.1. The molecule has 4 rings (SSSR count). The zero-order valence-corrected chi connectivity index (χ0v) is 18.4. The number of hydrogen-bond acceptors (Lipinski definition) is 5. The Labute approximate surface area is 189 Å². The van der Waals surface area contributed by atoms with Crippen LogP contribution in [-0.2, 0) is 5.41 Å². The van der Waals surface area contributed by atoms with Crippen LogP contribution in [0.2, 0.25) is 0 Å². The summed E-state index contributed by atoms with van der Waals surface area (Å²) in [6.45, 7) is 5.88. The van der Waals surface area contributed by atoms with E-state index in [0.29, 0.717) is 28.8 Å². The molecule has 1 aromatic carbocycles. The molecule has 3 N–H and O–H groups in total. The zero-order valence-electron chi connectivity index (χ0n) is 18.4. The van der Waals surface area contributed by atoms with Gasteiger partial charge in [0.1, 0.15) is 17.0 Å². The lowest BCUT2D eigenvalue weighted by atomic mass is 9.90. The number of hydrogen-bond donors (Lipinski definition) is 3. The number of rotatable bonds is 5. The second-order valence-electron chi connectivity index (χ2n) is 7.99. The highest BCUT2D eigenvalue weighted by Gasteiger charge is 2.22. The van der Waals surface area contributed by atoms with E-state index in [1.807, 2.05) is 19.1 Å². The van der Waals surface area contributed by atoms with E-state index in [9.17, 15) is 14.4 Å². The molecule has 2 amide bonds. The minimum absolute atomic E-state index is 0.149. The Kier molecular flexibility index (Phi) is 5.75. The van der Waals surface area contributed by atoms with E-state index in [2.05, 4.69) is 36.6 Å². The first kappa shape index (κ1) is 21.9. The molecule has 0 radical (unpaired) electrons. The van der Waals surface area contributed by atoms with E-state index < -0.39 is 17.3 Å². The Morgan fingerprint density at radius 3 is 2.70 bits per heavy atom. The van der Waals surface area contributed by atoms with Crippen molar-refractivity contribution in [2.75, 3.05) is 11.9 Å². The largest absolute Gasteiger partial charge is 0.338 e. The number of H-pyrrole nitrogens is 1. The van der Waals surface area contributed by atoms with Gasteiger partial charge in [0.2, 0.25) is 5.95 Å². The number of amides is 2. The fourth-order valence-electron chi connectivity index (χ4n) is 3.41. The number of halogens is 1. The topological polar surface area (TPSA) is 119 Å². The number of imidazole rings is 1. The van der Waals surface area contributed by atoms with Crippen LogP contribution < -0.4 is 10.6 Å². The van der Waals surface area contributed by atoms with Gasteiger partial charge in [-0.15, -0.1) is 0 Å². The molecule has 9 heteroatoms. The third kappa shape index (κ3) is 4.36. The number of nitrogens with zero attached hydrogens (tertiary/aromatic N) is 4. The number of nitriles is 1. The molecule has 4 aromatic rings. The van der Waals surface area contributed by atoms with Crippen molar-refractivity contribution >= 4 is 23.0 Å². The first-order valence-corrected chi connectivity index (χ1v) is 10.4. The second-order valence-corrected chi connectivity index (χ2v) is 7.99. The molecule has 0 fully saturated rings. The fourth-order valence-corrected chi connectivity index (χ4v) is 3.41. The Balaban J connectivity index is 1.85. The van der Waals surface area contributed by atoms with Crippen LogP contribution in [0.25, 0.3) is 33.4 Å². The van der Waals surface area contributed by atoms with Gasteiger partial charge in [-0.1, -0.05) is 6.07 Å². The first-order valence-electron chi connectivity index (χ1n) is 10.4.